The van der Waals surface area contributed by atoms with Crippen LogP contribution in [0.2, 0.25) is 0 Å². The minimum absolute atomic E-state index is 0. The number of hydrogen-bond acceptors (Lipinski definition) is 14. The van der Waals surface area contributed by atoms with E-state index in [0.29, 0.717) is 87.3 Å². The molecule has 5 heterocycles. The van der Waals surface area contributed by atoms with Crippen molar-refractivity contribution in [2.45, 2.75) is 108 Å². The summed E-state index contributed by atoms with van der Waals surface area (Å²) in [6, 6.07) is 23.5. The van der Waals surface area contributed by atoms with Crippen LogP contribution >= 0.6 is 12.4 Å². The van der Waals surface area contributed by atoms with Gasteiger partial charge in [0.25, 0.3) is 11.8 Å². The Kier molecular flexibility index (Phi) is 21.7. The fourth-order valence-electron chi connectivity index (χ4n) is 9.58. The Hall–Kier alpha value is -6.77. The molecule has 3 aliphatic rings. The zero-order chi connectivity index (χ0) is 52.2. The number of amides is 5. The number of nitrogens with zero attached hydrogens (tertiary/aromatic N) is 4. The number of anilines is 2. The van der Waals surface area contributed by atoms with Crippen LogP contribution in [0.3, 0.4) is 0 Å². The number of benzene rings is 3. The molecule has 406 valence electrons. The third-order valence-electron chi connectivity index (χ3n) is 13.8. The van der Waals surface area contributed by atoms with Crippen LogP contribution in [0.25, 0.3) is 11.4 Å². The van der Waals surface area contributed by atoms with Crippen molar-refractivity contribution in [3.05, 3.63) is 119 Å². The zero-order valence-electron chi connectivity index (χ0n) is 43.2. The van der Waals surface area contributed by atoms with Gasteiger partial charge in [-0.1, -0.05) is 37.1 Å². The van der Waals surface area contributed by atoms with Crippen molar-refractivity contribution in [1.29, 1.82) is 0 Å². The predicted octanol–water partition coefficient (Wildman–Crippen LogP) is 7.42. The molecule has 2 atom stereocenters. The molecule has 5 amide bonds. The molecule has 0 radical (unpaired) electrons. The lowest BCUT2D eigenvalue weighted by atomic mass is 9.87. The third kappa shape index (κ3) is 15.9. The molecule has 0 bridgehead atoms. The first kappa shape index (κ1) is 56.9. The number of unbranched alkanes of at least 4 members (excludes halogenated alkanes) is 5. The topological polar surface area (TPSA) is 240 Å². The van der Waals surface area contributed by atoms with E-state index in [1.54, 1.807) is 30.6 Å². The van der Waals surface area contributed by atoms with Crippen LogP contribution in [0, 0.1) is 0 Å². The highest BCUT2D eigenvalue weighted by Gasteiger charge is 2.40. The highest BCUT2D eigenvalue weighted by atomic mass is 35.5. The molecule has 2 saturated heterocycles. The Bertz CT molecular complexity index is 2680. The van der Waals surface area contributed by atoms with Crippen molar-refractivity contribution in [1.82, 2.24) is 41.0 Å². The normalized spacial score (nSPS) is 16.3. The van der Waals surface area contributed by atoms with Crippen LogP contribution in [0.1, 0.15) is 128 Å². The van der Waals surface area contributed by atoms with Gasteiger partial charge >= 0.3 is 0 Å². The first-order valence-corrected chi connectivity index (χ1v) is 26.4. The summed E-state index contributed by atoms with van der Waals surface area (Å²) in [5, 5.41) is 23.3. The number of halogens is 1. The van der Waals surface area contributed by atoms with Gasteiger partial charge in [0, 0.05) is 78.6 Å². The lowest BCUT2D eigenvalue weighted by Crippen LogP contribution is -2.52. The van der Waals surface area contributed by atoms with E-state index in [4.69, 9.17) is 23.9 Å². The van der Waals surface area contributed by atoms with Crippen molar-refractivity contribution in [3.8, 4) is 17.1 Å². The Labute approximate surface area is 450 Å². The Morgan fingerprint density at radius 1 is 0.803 bits per heavy atom. The van der Waals surface area contributed by atoms with Crippen molar-refractivity contribution in [2.75, 3.05) is 70.0 Å². The number of aromatic amines is 1. The van der Waals surface area contributed by atoms with Crippen LogP contribution < -0.4 is 31.3 Å². The zero-order valence-corrected chi connectivity index (χ0v) is 44.1. The minimum Gasteiger partial charge on any atom is -0.494 e. The standard InChI is InChI=1S/C56H70N10O9.ClH/c1-39(59-52(69)42-11-9-12-43(37-42)63-56(24-28-58-29-25-56)55-62-51(64-65-55)41-22-26-57-27-23-41)40-16-18-44(19-17-40)75-32-8-3-2-6-30-72-33-35-74-36-34-73-31-7-4-5-15-49(67)60-47-14-10-13-45-46(47)38-66(54(45)71)48-20-21-50(68)61-53(48)70;/h9-14,16-19,22-23,26-27,37,39,48,58,63H,2-8,15,20-21,24-25,28-36,38H2,1H3,(H,59,69)(H,60,67)(H,61,68,70)(H,62,64,65);1H/t39-,48?;/m0./s1. The molecular weight excluding hydrogens is 992 g/mol. The number of carbonyl (C=O) groups is 5. The smallest absolute Gasteiger partial charge is 0.255 e. The second-order valence-electron chi connectivity index (χ2n) is 19.2. The first-order valence-electron chi connectivity index (χ1n) is 26.4. The van der Waals surface area contributed by atoms with Gasteiger partial charge in [-0.2, -0.15) is 5.10 Å². The number of carbonyl (C=O) groups excluding carboxylic acids is 5. The molecule has 0 saturated carbocycles. The fraction of sp³-hybridized carbons (Fsp3) is 0.464. The molecule has 3 aromatic carbocycles. The third-order valence-corrected chi connectivity index (χ3v) is 13.8. The summed E-state index contributed by atoms with van der Waals surface area (Å²) in [5.41, 5.74) is 4.52. The summed E-state index contributed by atoms with van der Waals surface area (Å²) in [6.45, 7) is 7.75. The molecule has 6 N–H and O–H groups in total. The van der Waals surface area contributed by atoms with Gasteiger partial charge in [0.2, 0.25) is 17.7 Å². The number of fused-ring (bicyclic) bond motifs is 1. The SMILES string of the molecule is C[C@H](NC(=O)c1cccc(NC2(c3nc(-c4ccncc4)n[nH]3)CCNCC2)c1)c1ccc(OCCCCCCOCCOCCOCCCCCC(=O)Nc2cccc3c2CN(C2CCC(=O)NC2=O)C3=O)cc1.Cl. The van der Waals surface area contributed by atoms with E-state index >= 15 is 0 Å². The average Bonchev–Trinajstić information content (AvgIpc) is 4.12. The molecule has 3 aliphatic heterocycles. The number of piperidine rings is 2. The molecular formula is C56H71ClN10O9. The van der Waals surface area contributed by atoms with Crippen molar-refractivity contribution in [3.63, 3.8) is 0 Å². The number of hydrogen-bond donors (Lipinski definition) is 6. The van der Waals surface area contributed by atoms with Crippen molar-refractivity contribution < 1.29 is 42.9 Å². The summed E-state index contributed by atoms with van der Waals surface area (Å²) >= 11 is 0. The summed E-state index contributed by atoms with van der Waals surface area (Å²) < 4.78 is 23.1. The number of imide groups is 1. The molecule has 5 aromatic rings. The number of H-pyrrole nitrogens is 1. The highest BCUT2D eigenvalue weighted by Crippen LogP contribution is 2.35. The van der Waals surface area contributed by atoms with Crippen molar-refractivity contribution in [2.24, 2.45) is 0 Å². The van der Waals surface area contributed by atoms with Gasteiger partial charge in [-0.3, -0.25) is 39.4 Å². The largest absolute Gasteiger partial charge is 0.494 e. The second-order valence-corrected chi connectivity index (χ2v) is 19.2. The minimum atomic E-state index is -0.705. The maximum absolute atomic E-state index is 13.5. The molecule has 19 nitrogen and oxygen atoms in total. The van der Waals surface area contributed by atoms with E-state index in [9.17, 15) is 24.0 Å². The fourth-order valence-corrected chi connectivity index (χ4v) is 9.58. The highest BCUT2D eigenvalue weighted by molar-refractivity contribution is 6.07. The van der Waals surface area contributed by atoms with Crippen molar-refractivity contribution >= 4 is 53.3 Å². The summed E-state index contributed by atoms with van der Waals surface area (Å²) in [4.78, 5) is 73.7. The van der Waals surface area contributed by atoms with Gasteiger partial charge in [-0.15, -0.1) is 12.4 Å². The van der Waals surface area contributed by atoms with E-state index in [0.717, 1.165) is 92.8 Å². The van der Waals surface area contributed by atoms with Gasteiger partial charge in [0.1, 0.15) is 11.8 Å². The molecule has 76 heavy (non-hydrogen) atoms. The lowest BCUT2D eigenvalue weighted by molar-refractivity contribution is -0.137. The van der Waals surface area contributed by atoms with E-state index in [1.807, 2.05) is 67.6 Å². The second kappa shape index (κ2) is 28.9. The van der Waals surface area contributed by atoms with Gasteiger partial charge in [-0.25, -0.2) is 4.98 Å². The molecule has 2 fully saturated rings. The number of ether oxygens (including phenoxy) is 4. The Morgan fingerprint density at radius 2 is 1.49 bits per heavy atom. The Morgan fingerprint density at radius 3 is 2.21 bits per heavy atom. The van der Waals surface area contributed by atoms with Gasteiger partial charge in [0.15, 0.2) is 11.6 Å². The summed E-state index contributed by atoms with van der Waals surface area (Å²) in [5.74, 6) is 0.819. The number of rotatable bonds is 29. The summed E-state index contributed by atoms with van der Waals surface area (Å²) in [6.07, 6.45) is 12.2. The first-order chi connectivity index (χ1) is 36.7. The van der Waals surface area contributed by atoms with Crippen LogP contribution in [-0.2, 0) is 40.7 Å². The van der Waals surface area contributed by atoms with Crippen LogP contribution in [0.4, 0.5) is 11.4 Å². The van der Waals surface area contributed by atoms with Gasteiger partial charge < -0.3 is 45.1 Å². The van der Waals surface area contributed by atoms with Crippen LogP contribution in [0.5, 0.6) is 5.75 Å². The van der Waals surface area contributed by atoms with E-state index < -0.39 is 17.5 Å². The predicted molar refractivity (Wildman–Crippen MR) is 289 cm³/mol. The molecule has 2 aromatic heterocycles. The molecule has 1 unspecified atom stereocenters. The van der Waals surface area contributed by atoms with E-state index in [-0.39, 0.29) is 61.5 Å². The number of nitrogens with one attached hydrogen (secondary N) is 6. The summed E-state index contributed by atoms with van der Waals surface area (Å²) in [7, 11) is 0. The number of pyridine rings is 1. The maximum Gasteiger partial charge on any atom is 0.255 e. The maximum atomic E-state index is 13.5. The molecule has 20 heteroatoms. The quantitative estimate of drug-likeness (QED) is 0.0202. The molecule has 8 rings (SSSR count). The van der Waals surface area contributed by atoms with Crippen LogP contribution in [0.15, 0.2) is 91.3 Å². The Balaban J connectivity index is 0.00000840. The number of aromatic nitrogens is 4. The average molecular weight is 1060 g/mol. The lowest BCUT2D eigenvalue weighted by Gasteiger charge is -2.37. The van der Waals surface area contributed by atoms with E-state index in [2.05, 4.69) is 41.8 Å². The molecule has 0 spiro atoms. The van der Waals surface area contributed by atoms with Gasteiger partial charge in [0.05, 0.1) is 44.6 Å². The molecule has 0 aliphatic carbocycles. The van der Waals surface area contributed by atoms with Crippen LogP contribution in [-0.4, -0.2) is 120 Å². The van der Waals surface area contributed by atoms with Gasteiger partial charge in [-0.05, 0) is 132 Å². The monoisotopic (exact) mass is 1060 g/mol. The van der Waals surface area contributed by atoms with E-state index in [1.165, 1.54) is 4.90 Å².